The van der Waals surface area contributed by atoms with E-state index in [1.807, 2.05) is 24.9 Å². The van der Waals surface area contributed by atoms with E-state index in [2.05, 4.69) is 14.9 Å². The number of fused-ring (bicyclic) bond motifs is 4. The van der Waals surface area contributed by atoms with Gasteiger partial charge in [-0.05, 0) is 51.0 Å². The van der Waals surface area contributed by atoms with Gasteiger partial charge in [0.1, 0.15) is 27.7 Å². The SMILES string of the molecule is CC(=O)OC1=NN(C(C)C)c2cc3cnc(Nc4ccc(S(N)(=O)=O)c(F)c4)nc3n2C12CCCCC2. The topological polar surface area (TPSA) is 145 Å². The number of nitrogens with two attached hydrogens (primary N) is 1. The Bertz CT molecular complexity index is 1530. The number of primary sulfonamides is 1. The minimum absolute atomic E-state index is 0.0274. The first-order valence-electron chi connectivity index (χ1n) is 12.0. The van der Waals surface area contributed by atoms with Gasteiger partial charge in [-0.2, -0.15) is 4.98 Å². The number of hydrogen-bond donors (Lipinski definition) is 2. The van der Waals surface area contributed by atoms with E-state index < -0.39 is 32.2 Å². The van der Waals surface area contributed by atoms with Crippen LogP contribution in [0.5, 0.6) is 0 Å². The number of esters is 1. The van der Waals surface area contributed by atoms with Crippen LogP contribution in [0.15, 0.2) is 40.5 Å². The lowest BCUT2D eigenvalue weighted by Gasteiger charge is -2.44. The number of nitrogens with one attached hydrogen (secondary N) is 1. The van der Waals surface area contributed by atoms with Crippen molar-refractivity contribution in [3.8, 4) is 0 Å². The van der Waals surface area contributed by atoms with E-state index in [9.17, 15) is 17.6 Å². The Hall–Kier alpha value is -3.58. The van der Waals surface area contributed by atoms with Crippen molar-refractivity contribution in [2.24, 2.45) is 10.2 Å². The molecule has 0 bridgehead atoms. The third-order valence-corrected chi connectivity index (χ3v) is 7.63. The number of carbonyl (C=O) groups is 1. The number of carbonyl (C=O) groups excluding carboxylic acids is 1. The predicted octanol–water partition coefficient (Wildman–Crippen LogP) is 3.73. The number of rotatable bonds is 4. The summed E-state index contributed by atoms with van der Waals surface area (Å²) in [7, 11) is -4.19. The second-order valence-corrected chi connectivity index (χ2v) is 11.2. The number of benzene rings is 1. The minimum atomic E-state index is -4.19. The molecule has 1 saturated carbocycles. The lowest BCUT2D eigenvalue weighted by molar-refractivity contribution is -0.133. The fourth-order valence-electron chi connectivity index (χ4n) is 5.11. The lowest BCUT2D eigenvalue weighted by atomic mass is 9.80. The monoisotopic (exact) mass is 529 g/mol. The van der Waals surface area contributed by atoms with Gasteiger partial charge in [0.2, 0.25) is 21.9 Å². The van der Waals surface area contributed by atoms with Crippen LogP contribution in [0.3, 0.4) is 0 Å². The lowest BCUT2D eigenvalue weighted by Crippen LogP contribution is -2.51. The molecule has 13 heteroatoms. The fraction of sp³-hybridized carbons (Fsp3) is 0.417. The quantitative estimate of drug-likeness (QED) is 0.487. The van der Waals surface area contributed by atoms with Crippen LogP contribution in [0.25, 0.3) is 11.0 Å². The van der Waals surface area contributed by atoms with Crippen molar-refractivity contribution < 1.29 is 22.3 Å². The summed E-state index contributed by atoms with van der Waals surface area (Å²) in [5.74, 6) is -0.0568. The number of aromatic nitrogens is 3. The van der Waals surface area contributed by atoms with Crippen molar-refractivity contribution in [3.05, 3.63) is 36.3 Å². The number of hydrazone groups is 1. The molecule has 3 heterocycles. The molecule has 3 N–H and O–H groups in total. The molecule has 1 aliphatic heterocycles. The number of halogens is 1. The van der Waals surface area contributed by atoms with Crippen molar-refractivity contribution in [1.29, 1.82) is 0 Å². The third-order valence-electron chi connectivity index (χ3n) is 6.69. The minimum Gasteiger partial charge on any atom is -0.407 e. The Labute approximate surface area is 213 Å². The molecule has 11 nitrogen and oxygen atoms in total. The van der Waals surface area contributed by atoms with Gasteiger partial charge in [0, 0.05) is 30.2 Å². The largest absolute Gasteiger partial charge is 0.407 e. The number of sulfonamides is 1. The summed E-state index contributed by atoms with van der Waals surface area (Å²) in [6, 6.07) is 5.43. The highest BCUT2D eigenvalue weighted by Gasteiger charge is 2.48. The number of hydrogen-bond acceptors (Lipinski definition) is 9. The molecule has 3 aromatic rings. The Morgan fingerprint density at radius 3 is 2.57 bits per heavy atom. The molecule has 37 heavy (non-hydrogen) atoms. The summed E-state index contributed by atoms with van der Waals surface area (Å²) in [4.78, 5) is 20.6. The van der Waals surface area contributed by atoms with Crippen LogP contribution in [0, 0.1) is 5.82 Å². The molecule has 1 aliphatic carbocycles. The molecule has 196 valence electrons. The number of nitrogens with zero attached hydrogens (tertiary/aromatic N) is 5. The zero-order valence-corrected chi connectivity index (χ0v) is 21.5. The molecule has 0 unspecified atom stereocenters. The Morgan fingerprint density at radius 2 is 1.95 bits per heavy atom. The maximum absolute atomic E-state index is 14.4. The maximum Gasteiger partial charge on any atom is 0.309 e. The molecule has 0 saturated heterocycles. The molecular weight excluding hydrogens is 501 g/mol. The molecule has 0 atom stereocenters. The van der Waals surface area contributed by atoms with Gasteiger partial charge < -0.3 is 10.1 Å². The zero-order valence-electron chi connectivity index (χ0n) is 20.7. The van der Waals surface area contributed by atoms with Gasteiger partial charge in [-0.1, -0.05) is 19.3 Å². The maximum atomic E-state index is 14.4. The molecule has 0 radical (unpaired) electrons. The summed E-state index contributed by atoms with van der Waals surface area (Å²) < 4.78 is 45.2. The van der Waals surface area contributed by atoms with E-state index >= 15 is 0 Å². The van der Waals surface area contributed by atoms with Crippen LogP contribution in [0.1, 0.15) is 52.9 Å². The van der Waals surface area contributed by atoms with Crippen LogP contribution < -0.4 is 15.5 Å². The fourth-order valence-corrected chi connectivity index (χ4v) is 5.70. The van der Waals surface area contributed by atoms with E-state index in [0.29, 0.717) is 11.5 Å². The first-order chi connectivity index (χ1) is 17.5. The van der Waals surface area contributed by atoms with Crippen molar-refractivity contribution in [3.63, 3.8) is 0 Å². The van der Waals surface area contributed by atoms with Crippen LogP contribution in [-0.2, 0) is 25.1 Å². The van der Waals surface area contributed by atoms with Gasteiger partial charge in [0.25, 0.3) is 0 Å². The Balaban J connectivity index is 1.63. The summed E-state index contributed by atoms with van der Waals surface area (Å²) in [6.07, 6.45) is 6.06. The normalized spacial score (nSPS) is 17.1. The molecule has 0 amide bonds. The average molecular weight is 530 g/mol. The molecule has 2 aliphatic rings. The van der Waals surface area contributed by atoms with Crippen LogP contribution >= 0.6 is 0 Å². The highest BCUT2D eigenvalue weighted by Crippen LogP contribution is 2.46. The molecule has 1 spiro atoms. The van der Waals surface area contributed by atoms with E-state index in [1.54, 1.807) is 6.20 Å². The van der Waals surface area contributed by atoms with E-state index in [0.717, 1.165) is 55.4 Å². The Morgan fingerprint density at radius 1 is 1.22 bits per heavy atom. The molecule has 1 fully saturated rings. The second-order valence-electron chi connectivity index (χ2n) is 9.66. The van der Waals surface area contributed by atoms with Gasteiger partial charge in [0.15, 0.2) is 0 Å². The van der Waals surface area contributed by atoms with Gasteiger partial charge >= 0.3 is 5.97 Å². The first kappa shape index (κ1) is 25.1. The number of ether oxygens (including phenoxy) is 1. The van der Waals surface area contributed by atoms with Crippen molar-refractivity contribution in [2.45, 2.75) is 69.4 Å². The van der Waals surface area contributed by atoms with E-state index in [-0.39, 0.29) is 17.7 Å². The van der Waals surface area contributed by atoms with Crippen molar-refractivity contribution in [2.75, 3.05) is 10.3 Å². The number of anilines is 3. The average Bonchev–Trinajstić information content (AvgIpc) is 3.20. The highest BCUT2D eigenvalue weighted by molar-refractivity contribution is 7.89. The van der Waals surface area contributed by atoms with Crippen LogP contribution in [0.4, 0.5) is 21.8 Å². The van der Waals surface area contributed by atoms with Gasteiger partial charge in [-0.15, -0.1) is 5.10 Å². The van der Waals surface area contributed by atoms with Crippen molar-refractivity contribution >= 4 is 50.4 Å². The standard InChI is InChI=1S/C24H28FN7O4S/c1-14(2)32-20-11-16-13-27-23(28-17-7-8-19(18(25)12-17)37(26,34)35)29-21(16)31(20)24(9-5-4-6-10-24)22(30-32)36-15(3)33/h7-8,11-14H,4-6,9-10H2,1-3H3,(H2,26,34,35)(H,27,28,29). The van der Waals surface area contributed by atoms with Crippen LogP contribution in [0.2, 0.25) is 0 Å². The first-order valence-corrected chi connectivity index (χ1v) is 13.6. The van der Waals surface area contributed by atoms with E-state index in [1.165, 1.54) is 13.0 Å². The third kappa shape index (κ3) is 4.42. The predicted molar refractivity (Wildman–Crippen MR) is 136 cm³/mol. The second kappa shape index (κ2) is 9.06. The van der Waals surface area contributed by atoms with Crippen LogP contribution in [-0.4, -0.2) is 40.9 Å². The van der Waals surface area contributed by atoms with Gasteiger partial charge in [-0.3, -0.25) is 9.36 Å². The van der Waals surface area contributed by atoms with Gasteiger partial charge in [0.05, 0.1) is 0 Å². The smallest absolute Gasteiger partial charge is 0.309 e. The summed E-state index contributed by atoms with van der Waals surface area (Å²) >= 11 is 0. The molecule has 2 aromatic heterocycles. The summed E-state index contributed by atoms with van der Waals surface area (Å²) in [5, 5.41) is 15.4. The molecule has 5 rings (SSSR count). The Kier molecular flexibility index (Phi) is 6.15. The molecule has 1 aromatic carbocycles. The summed E-state index contributed by atoms with van der Waals surface area (Å²) in [5.41, 5.74) is 0.190. The molecular formula is C24H28FN7O4S. The zero-order chi connectivity index (χ0) is 26.5. The van der Waals surface area contributed by atoms with Gasteiger partial charge in [-0.25, -0.2) is 27.9 Å². The van der Waals surface area contributed by atoms with E-state index in [4.69, 9.17) is 20.0 Å². The summed E-state index contributed by atoms with van der Waals surface area (Å²) in [6.45, 7) is 5.36. The van der Waals surface area contributed by atoms with Crippen molar-refractivity contribution in [1.82, 2.24) is 14.5 Å². The highest BCUT2D eigenvalue weighted by atomic mass is 32.2.